The minimum absolute atomic E-state index is 0.195. The molecule has 1 saturated carbocycles. The molecule has 0 spiro atoms. The molecule has 1 unspecified atom stereocenters. The molecule has 27 heavy (non-hydrogen) atoms. The number of hydrogen-bond acceptors (Lipinski definition) is 4. The Morgan fingerprint density at radius 2 is 2.04 bits per heavy atom. The van der Waals surface area contributed by atoms with E-state index >= 15 is 0 Å². The lowest BCUT2D eigenvalue weighted by Gasteiger charge is -2.30. The number of pyridine rings is 1. The van der Waals surface area contributed by atoms with Gasteiger partial charge in [-0.15, -0.1) is 0 Å². The van der Waals surface area contributed by atoms with Gasteiger partial charge >= 0.3 is 0 Å². The summed E-state index contributed by atoms with van der Waals surface area (Å²) in [4.78, 5) is 16.5. The van der Waals surface area contributed by atoms with Gasteiger partial charge in [0.2, 0.25) is 5.91 Å². The fourth-order valence-electron chi connectivity index (χ4n) is 4.31. The fourth-order valence-corrected chi connectivity index (χ4v) is 4.31. The zero-order chi connectivity index (χ0) is 18.5. The first kappa shape index (κ1) is 18.2. The Kier molecular flexibility index (Phi) is 5.87. The van der Waals surface area contributed by atoms with E-state index < -0.39 is 0 Å². The molecule has 5 nitrogen and oxygen atoms in total. The van der Waals surface area contributed by atoms with E-state index in [1.165, 1.54) is 12.8 Å². The number of aromatic nitrogens is 1. The minimum Gasteiger partial charge on any atom is -0.490 e. The van der Waals surface area contributed by atoms with E-state index in [2.05, 4.69) is 21.7 Å². The molecular formula is C22H29N3O2. The average molecular weight is 367 g/mol. The van der Waals surface area contributed by atoms with Gasteiger partial charge < -0.3 is 15.4 Å². The maximum Gasteiger partial charge on any atom is 0.221 e. The summed E-state index contributed by atoms with van der Waals surface area (Å²) < 4.78 is 6.29. The van der Waals surface area contributed by atoms with Gasteiger partial charge in [0.1, 0.15) is 5.75 Å². The molecule has 1 aliphatic carbocycles. The molecule has 2 aliphatic rings. The minimum atomic E-state index is 0.195. The molecule has 2 heterocycles. The molecule has 5 heteroatoms. The second-order valence-electron chi connectivity index (χ2n) is 7.86. The Morgan fingerprint density at radius 3 is 2.85 bits per heavy atom. The Bertz CT molecular complexity index is 760. The van der Waals surface area contributed by atoms with E-state index in [1.807, 2.05) is 30.6 Å². The van der Waals surface area contributed by atoms with E-state index in [0.29, 0.717) is 12.5 Å². The number of amides is 1. The van der Waals surface area contributed by atoms with Crippen molar-refractivity contribution < 1.29 is 9.53 Å². The smallest absolute Gasteiger partial charge is 0.221 e. The lowest BCUT2D eigenvalue weighted by Crippen LogP contribution is -2.43. The second-order valence-corrected chi connectivity index (χ2v) is 7.86. The van der Waals surface area contributed by atoms with Gasteiger partial charge in [-0.2, -0.15) is 0 Å². The normalized spacial score (nSPS) is 25.9. The van der Waals surface area contributed by atoms with Crippen LogP contribution in [0.5, 0.6) is 5.75 Å². The first-order valence-electron chi connectivity index (χ1n) is 10.3. The maximum atomic E-state index is 12.3. The van der Waals surface area contributed by atoms with Crippen LogP contribution in [0.3, 0.4) is 0 Å². The number of nitrogens with zero attached hydrogens (tertiary/aromatic N) is 1. The summed E-state index contributed by atoms with van der Waals surface area (Å²) >= 11 is 0. The lowest BCUT2D eigenvalue weighted by molar-refractivity contribution is -0.122. The Labute approximate surface area is 160 Å². The number of carbonyl (C=O) groups is 1. The summed E-state index contributed by atoms with van der Waals surface area (Å²) in [5.41, 5.74) is 0. The van der Waals surface area contributed by atoms with E-state index in [4.69, 9.17) is 4.74 Å². The van der Waals surface area contributed by atoms with E-state index in [-0.39, 0.29) is 18.1 Å². The molecule has 2 fully saturated rings. The van der Waals surface area contributed by atoms with Crippen molar-refractivity contribution in [3.8, 4) is 5.75 Å². The summed E-state index contributed by atoms with van der Waals surface area (Å²) in [6.45, 7) is 1.05. The van der Waals surface area contributed by atoms with Crippen LogP contribution >= 0.6 is 0 Å². The average Bonchev–Trinajstić information content (AvgIpc) is 2.70. The number of hydrogen-bond donors (Lipinski definition) is 2. The second kappa shape index (κ2) is 8.70. The van der Waals surface area contributed by atoms with Crippen LogP contribution in [0.15, 0.2) is 36.7 Å². The van der Waals surface area contributed by atoms with Crippen LogP contribution < -0.4 is 15.4 Å². The summed E-state index contributed by atoms with van der Waals surface area (Å²) in [6, 6.07) is 8.77. The first-order valence-corrected chi connectivity index (χ1v) is 10.3. The van der Waals surface area contributed by atoms with Crippen molar-refractivity contribution >= 4 is 16.7 Å². The van der Waals surface area contributed by atoms with Crippen molar-refractivity contribution in [2.45, 2.75) is 69.6 Å². The first-order chi connectivity index (χ1) is 13.3. The predicted octanol–water partition coefficient (Wildman–Crippen LogP) is 3.57. The molecule has 1 aromatic carbocycles. The van der Waals surface area contributed by atoms with Gasteiger partial charge in [-0.05, 0) is 57.2 Å². The topological polar surface area (TPSA) is 63.2 Å². The monoisotopic (exact) mass is 367 g/mol. The fraction of sp³-hybridized carbons (Fsp3) is 0.545. The molecule has 2 N–H and O–H groups in total. The Balaban J connectivity index is 1.25. The number of ether oxygens (including phenoxy) is 1. The van der Waals surface area contributed by atoms with Gasteiger partial charge in [0, 0.05) is 41.7 Å². The predicted molar refractivity (Wildman–Crippen MR) is 107 cm³/mol. The number of benzene rings is 1. The van der Waals surface area contributed by atoms with Crippen molar-refractivity contribution in [3.05, 3.63) is 36.7 Å². The van der Waals surface area contributed by atoms with Gasteiger partial charge in [-0.25, -0.2) is 0 Å². The molecule has 1 atom stereocenters. The number of carbonyl (C=O) groups excluding carboxylic acids is 1. The molecular weight excluding hydrogens is 338 g/mol. The van der Waals surface area contributed by atoms with Gasteiger partial charge in [0.15, 0.2) is 0 Å². The highest BCUT2D eigenvalue weighted by atomic mass is 16.5. The molecule has 0 bridgehead atoms. The Hall–Kier alpha value is -2.14. The zero-order valence-corrected chi connectivity index (χ0v) is 15.8. The third-order valence-electron chi connectivity index (χ3n) is 5.82. The van der Waals surface area contributed by atoms with Gasteiger partial charge in [0.05, 0.1) is 6.10 Å². The van der Waals surface area contributed by atoms with Crippen molar-refractivity contribution in [1.82, 2.24) is 15.6 Å². The van der Waals surface area contributed by atoms with Crippen molar-refractivity contribution in [2.24, 2.45) is 0 Å². The van der Waals surface area contributed by atoms with Crippen LogP contribution in [-0.2, 0) is 4.79 Å². The maximum absolute atomic E-state index is 12.3. The number of nitrogens with one attached hydrogen (secondary N) is 2. The highest BCUT2D eigenvalue weighted by molar-refractivity contribution is 5.87. The summed E-state index contributed by atoms with van der Waals surface area (Å²) in [7, 11) is 0. The van der Waals surface area contributed by atoms with E-state index in [9.17, 15) is 4.79 Å². The van der Waals surface area contributed by atoms with Gasteiger partial charge in [-0.1, -0.05) is 18.6 Å². The van der Waals surface area contributed by atoms with E-state index in [1.54, 1.807) is 0 Å². The molecule has 144 valence electrons. The summed E-state index contributed by atoms with van der Waals surface area (Å²) in [6.07, 6.45) is 12.0. The highest BCUT2D eigenvalue weighted by Gasteiger charge is 2.25. The highest BCUT2D eigenvalue weighted by Crippen LogP contribution is 2.29. The molecule has 4 rings (SSSR count). The summed E-state index contributed by atoms with van der Waals surface area (Å²) in [5, 5.41) is 8.91. The third-order valence-corrected chi connectivity index (χ3v) is 5.82. The molecule has 1 aliphatic heterocycles. The van der Waals surface area contributed by atoms with Crippen LogP contribution in [-0.4, -0.2) is 35.6 Å². The molecule has 1 amide bonds. The van der Waals surface area contributed by atoms with Gasteiger partial charge in [0.25, 0.3) is 0 Å². The number of piperidine rings is 1. The van der Waals surface area contributed by atoms with Crippen LogP contribution in [0.2, 0.25) is 0 Å². The number of rotatable bonds is 5. The molecule has 1 saturated heterocycles. The van der Waals surface area contributed by atoms with Crippen molar-refractivity contribution in [1.29, 1.82) is 0 Å². The van der Waals surface area contributed by atoms with Crippen LogP contribution in [0.4, 0.5) is 0 Å². The number of fused-ring (bicyclic) bond motifs is 1. The largest absolute Gasteiger partial charge is 0.490 e. The quantitative estimate of drug-likeness (QED) is 0.848. The lowest BCUT2D eigenvalue weighted by atomic mass is 9.92. The van der Waals surface area contributed by atoms with Crippen LogP contribution in [0, 0.1) is 0 Å². The van der Waals surface area contributed by atoms with E-state index in [0.717, 1.165) is 55.2 Å². The van der Waals surface area contributed by atoms with Crippen molar-refractivity contribution in [3.63, 3.8) is 0 Å². The summed E-state index contributed by atoms with van der Waals surface area (Å²) in [5.74, 6) is 1.13. The van der Waals surface area contributed by atoms with Crippen LogP contribution in [0.25, 0.3) is 10.8 Å². The van der Waals surface area contributed by atoms with Gasteiger partial charge in [-0.3, -0.25) is 9.78 Å². The Morgan fingerprint density at radius 1 is 1.15 bits per heavy atom. The SMILES string of the molecule is O=C(CC1CCCCN1)NC1CCC(Oc2cccc3cnccc23)CC1. The zero-order valence-electron chi connectivity index (χ0n) is 15.8. The molecule has 0 radical (unpaired) electrons. The van der Waals surface area contributed by atoms with Crippen LogP contribution in [0.1, 0.15) is 51.4 Å². The van der Waals surface area contributed by atoms with Crippen molar-refractivity contribution in [2.75, 3.05) is 6.54 Å². The molecule has 2 aromatic rings. The third kappa shape index (κ3) is 4.78. The molecule has 1 aromatic heterocycles. The standard InChI is InChI=1S/C22H29N3O2/c26-22(14-18-5-1-2-12-24-18)25-17-7-9-19(10-8-17)27-21-6-3-4-16-15-23-13-11-20(16)21/h3-4,6,11,13,15,17-19,24H,1-2,5,7-10,12,14H2,(H,25,26).